The van der Waals surface area contributed by atoms with Crippen LogP contribution in [0.4, 0.5) is 5.69 Å². The van der Waals surface area contributed by atoms with Crippen molar-refractivity contribution in [3.63, 3.8) is 0 Å². The van der Waals surface area contributed by atoms with Crippen LogP contribution in [-0.2, 0) is 6.61 Å². The van der Waals surface area contributed by atoms with Gasteiger partial charge in [0.1, 0.15) is 6.61 Å². The number of rotatable bonds is 6. The number of carbonyl (C=O) groups excluding carboxylic acids is 1. The molecule has 0 bridgehead atoms. The molecule has 0 aliphatic heterocycles. The maximum atomic E-state index is 12.7. The lowest BCUT2D eigenvalue weighted by Gasteiger charge is -2.15. The molecule has 0 saturated heterocycles. The highest BCUT2D eigenvalue weighted by Crippen LogP contribution is 2.37. The fraction of sp³-hybridized carbons (Fsp3) is 0.174. The van der Waals surface area contributed by atoms with E-state index in [1.54, 1.807) is 19.2 Å². The fourth-order valence-corrected chi connectivity index (χ4v) is 3.43. The van der Waals surface area contributed by atoms with Crippen molar-refractivity contribution >= 4 is 27.5 Å². The molecule has 0 fully saturated rings. The number of amides is 1. The topological polar surface area (TPSA) is 47.6 Å². The SMILES string of the molecule is COc1cc(C(=O)Nc2ccc(C)cc2C)cc(Br)c1OCc1ccccc1. The molecular weight excluding hydrogens is 418 g/mol. The van der Waals surface area contributed by atoms with Crippen LogP contribution in [0.3, 0.4) is 0 Å². The van der Waals surface area contributed by atoms with E-state index in [0.29, 0.717) is 28.1 Å². The van der Waals surface area contributed by atoms with Gasteiger partial charge in [0.2, 0.25) is 0 Å². The summed E-state index contributed by atoms with van der Waals surface area (Å²) in [7, 11) is 1.56. The molecule has 144 valence electrons. The molecular formula is C23H22BrNO3. The highest BCUT2D eigenvalue weighted by molar-refractivity contribution is 9.10. The predicted molar refractivity (Wildman–Crippen MR) is 115 cm³/mol. The molecule has 4 nitrogen and oxygen atoms in total. The standard InChI is InChI=1S/C23H22BrNO3/c1-15-9-10-20(16(2)11-15)25-23(26)18-12-19(24)22(21(13-18)27-3)28-14-17-7-5-4-6-8-17/h4-13H,14H2,1-3H3,(H,25,26). The predicted octanol–water partition coefficient (Wildman–Crippen LogP) is 5.91. The number of hydrogen-bond acceptors (Lipinski definition) is 3. The van der Waals surface area contributed by atoms with Gasteiger partial charge in [0.05, 0.1) is 11.6 Å². The van der Waals surface area contributed by atoms with E-state index >= 15 is 0 Å². The Morgan fingerprint density at radius 1 is 1.04 bits per heavy atom. The van der Waals surface area contributed by atoms with Gasteiger partial charge in [-0.25, -0.2) is 0 Å². The molecule has 28 heavy (non-hydrogen) atoms. The van der Waals surface area contributed by atoms with Crippen molar-refractivity contribution < 1.29 is 14.3 Å². The molecule has 0 aliphatic rings. The molecule has 0 heterocycles. The monoisotopic (exact) mass is 439 g/mol. The lowest BCUT2D eigenvalue weighted by atomic mass is 10.1. The molecule has 0 radical (unpaired) electrons. The van der Waals surface area contributed by atoms with Crippen LogP contribution in [0.5, 0.6) is 11.5 Å². The number of hydrogen-bond donors (Lipinski definition) is 1. The molecule has 5 heteroatoms. The van der Waals surface area contributed by atoms with Crippen molar-refractivity contribution in [2.24, 2.45) is 0 Å². The van der Waals surface area contributed by atoms with E-state index in [1.165, 1.54) is 0 Å². The van der Waals surface area contributed by atoms with Gasteiger partial charge in [-0.2, -0.15) is 0 Å². The molecule has 0 aliphatic carbocycles. The van der Waals surface area contributed by atoms with Gasteiger partial charge in [0, 0.05) is 11.3 Å². The summed E-state index contributed by atoms with van der Waals surface area (Å²) in [6.45, 7) is 4.40. The van der Waals surface area contributed by atoms with Gasteiger partial charge in [-0.15, -0.1) is 0 Å². The number of benzene rings is 3. The zero-order chi connectivity index (χ0) is 20.1. The van der Waals surface area contributed by atoms with E-state index in [1.807, 2.05) is 62.4 Å². The summed E-state index contributed by atoms with van der Waals surface area (Å²) in [4.78, 5) is 12.7. The molecule has 0 saturated carbocycles. The van der Waals surface area contributed by atoms with Gasteiger partial charge in [-0.3, -0.25) is 4.79 Å². The van der Waals surface area contributed by atoms with Crippen molar-refractivity contribution in [3.05, 3.63) is 87.4 Å². The van der Waals surface area contributed by atoms with Crippen LogP contribution in [0.15, 0.2) is 65.1 Å². The zero-order valence-corrected chi connectivity index (χ0v) is 17.7. The second kappa shape index (κ2) is 8.93. The van der Waals surface area contributed by atoms with E-state index in [-0.39, 0.29) is 5.91 Å². The lowest BCUT2D eigenvalue weighted by molar-refractivity contribution is 0.102. The average molecular weight is 440 g/mol. The minimum Gasteiger partial charge on any atom is -0.493 e. The number of methoxy groups -OCH3 is 1. The smallest absolute Gasteiger partial charge is 0.255 e. The van der Waals surface area contributed by atoms with Crippen LogP contribution in [0.25, 0.3) is 0 Å². The molecule has 0 unspecified atom stereocenters. The van der Waals surface area contributed by atoms with Crippen LogP contribution in [0, 0.1) is 13.8 Å². The fourth-order valence-electron chi connectivity index (χ4n) is 2.87. The number of anilines is 1. The summed E-state index contributed by atoms with van der Waals surface area (Å²) in [5.74, 6) is 0.853. The van der Waals surface area contributed by atoms with Crippen LogP contribution in [0.2, 0.25) is 0 Å². The van der Waals surface area contributed by atoms with Crippen LogP contribution < -0.4 is 14.8 Å². The maximum absolute atomic E-state index is 12.7. The highest BCUT2D eigenvalue weighted by atomic mass is 79.9. The molecule has 0 aromatic heterocycles. The van der Waals surface area contributed by atoms with Crippen LogP contribution in [-0.4, -0.2) is 13.0 Å². The second-order valence-electron chi connectivity index (χ2n) is 6.54. The van der Waals surface area contributed by atoms with Gasteiger partial charge in [0.15, 0.2) is 11.5 Å². The Morgan fingerprint density at radius 3 is 2.46 bits per heavy atom. The second-order valence-corrected chi connectivity index (χ2v) is 7.39. The molecule has 3 aromatic rings. The zero-order valence-electron chi connectivity index (χ0n) is 16.1. The lowest BCUT2D eigenvalue weighted by Crippen LogP contribution is -2.13. The quantitative estimate of drug-likeness (QED) is 0.519. The van der Waals surface area contributed by atoms with E-state index < -0.39 is 0 Å². The molecule has 1 N–H and O–H groups in total. The number of carbonyl (C=O) groups is 1. The third-order valence-corrected chi connectivity index (χ3v) is 4.94. The van der Waals surface area contributed by atoms with Gasteiger partial charge in [-0.05, 0) is 59.1 Å². The summed E-state index contributed by atoms with van der Waals surface area (Å²) >= 11 is 3.51. The van der Waals surface area contributed by atoms with Crippen LogP contribution >= 0.6 is 15.9 Å². The maximum Gasteiger partial charge on any atom is 0.255 e. The first-order chi connectivity index (χ1) is 13.5. The Balaban J connectivity index is 1.80. The Hall–Kier alpha value is -2.79. The number of nitrogens with one attached hydrogen (secondary N) is 1. The van der Waals surface area contributed by atoms with Crippen molar-refractivity contribution in [1.29, 1.82) is 0 Å². The van der Waals surface area contributed by atoms with Crippen molar-refractivity contribution in [2.45, 2.75) is 20.5 Å². The Labute approximate surface area is 173 Å². The summed E-state index contributed by atoms with van der Waals surface area (Å²) < 4.78 is 12.0. The van der Waals surface area contributed by atoms with Crippen molar-refractivity contribution in [1.82, 2.24) is 0 Å². The van der Waals surface area contributed by atoms with Crippen molar-refractivity contribution in [2.75, 3.05) is 12.4 Å². The normalized spacial score (nSPS) is 10.4. The minimum atomic E-state index is -0.208. The Kier molecular flexibility index (Phi) is 6.37. The van der Waals surface area contributed by atoms with Gasteiger partial charge in [0.25, 0.3) is 5.91 Å². The summed E-state index contributed by atoms with van der Waals surface area (Å²) in [6.07, 6.45) is 0. The minimum absolute atomic E-state index is 0.208. The summed E-state index contributed by atoms with van der Waals surface area (Å²) in [5, 5.41) is 2.95. The largest absolute Gasteiger partial charge is 0.493 e. The first-order valence-corrected chi connectivity index (χ1v) is 9.70. The van der Waals surface area contributed by atoms with Crippen LogP contribution in [0.1, 0.15) is 27.0 Å². The first-order valence-electron chi connectivity index (χ1n) is 8.91. The number of ether oxygens (including phenoxy) is 2. The first kappa shape index (κ1) is 20.0. The Morgan fingerprint density at radius 2 is 1.79 bits per heavy atom. The molecule has 3 aromatic carbocycles. The van der Waals surface area contributed by atoms with E-state index in [0.717, 1.165) is 22.4 Å². The third-order valence-electron chi connectivity index (χ3n) is 4.35. The Bertz CT molecular complexity index is 987. The van der Waals surface area contributed by atoms with Gasteiger partial charge in [-0.1, -0.05) is 48.0 Å². The molecule has 3 rings (SSSR count). The third kappa shape index (κ3) is 4.73. The number of aryl methyl sites for hydroxylation is 2. The highest BCUT2D eigenvalue weighted by Gasteiger charge is 2.16. The average Bonchev–Trinajstić information content (AvgIpc) is 2.69. The van der Waals surface area contributed by atoms with Crippen molar-refractivity contribution in [3.8, 4) is 11.5 Å². The summed E-state index contributed by atoms with van der Waals surface area (Å²) in [5.41, 5.74) is 4.49. The molecule has 1 amide bonds. The van der Waals surface area contributed by atoms with E-state index in [2.05, 4.69) is 21.2 Å². The summed E-state index contributed by atoms with van der Waals surface area (Å²) in [6, 6.07) is 19.2. The molecule has 0 atom stereocenters. The van der Waals surface area contributed by atoms with Gasteiger partial charge >= 0.3 is 0 Å². The number of halogens is 1. The molecule has 0 spiro atoms. The van der Waals surface area contributed by atoms with E-state index in [4.69, 9.17) is 9.47 Å². The van der Waals surface area contributed by atoms with Gasteiger partial charge < -0.3 is 14.8 Å². The van der Waals surface area contributed by atoms with E-state index in [9.17, 15) is 4.79 Å².